The smallest absolute Gasteiger partial charge is 0.214 e. The Hall–Kier alpha value is -1.60. The second-order valence-electron chi connectivity index (χ2n) is 6.59. The van der Waals surface area contributed by atoms with Crippen LogP contribution in [0.2, 0.25) is 5.02 Å². The topological polar surface area (TPSA) is 28.2 Å². The van der Waals surface area contributed by atoms with Crippen LogP contribution >= 0.6 is 23.5 Å². The third-order valence-corrected chi connectivity index (χ3v) is 6.13. The van der Waals surface area contributed by atoms with E-state index >= 15 is 0 Å². The maximum atomic E-state index is 14.6. The van der Waals surface area contributed by atoms with Crippen LogP contribution in [0.3, 0.4) is 0 Å². The first-order valence-corrected chi connectivity index (χ1v) is 9.15. The SMILES string of the molecule is Fc1cccc(NSc2c(F)cc(N3CC4(CCC4)C3)c(Cl)c2F)n1. The Kier molecular flexibility index (Phi) is 4.24. The van der Waals surface area contributed by atoms with Crippen LogP contribution in [-0.2, 0) is 0 Å². The van der Waals surface area contributed by atoms with Gasteiger partial charge in [0.05, 0.1) is 5.69 Å². The predicted molar refractivity (Wildman–Crippen MR) is 93.5 cm³/mol. The Morgan fingerprint density at radius 1 is 1.20 bits per heavy atom. The summed E-state index contributed by atoms with van der Waals surface area (Å²) in [6.45, 7) is 1.59. The van der Waals surface area contributed by atoms with Crippen LogP contribution < -0.4 is 9.62 Å². The van der Waals surface area contributed by atoms with Crippen molar-refractivity contribution in [3.63, 3.8) is 0 Å². The summed E-state index contributed by atoms with van der Waals surface area (Å²) in [7, 11) is 0. The van der Waals surface area contributed by atoms with Gasteiger partial charge in [-0.15, -0.1) is 0 Å². The van der Waals surface area contributed by atoms with Crippen LogP contribution in [-0.4, -0.2) is 18.1 Å². The van der Waals surface area contributed by atoms with Gasteiger partial charge in [-0.2, -0.15) is 4.39 Å². The quantitative estimate of drug-likeness (QED) is 0.441. The standard InChI is InChI=1S/C17H15ClF3N3S/c18-14-11(24-8-17(9-24)5-2-6-17)7-10(19)16(15(14)21)25-23-13-4-1-3-12(20)22-13/h1,3-4,7H,2,5-6,8-9H2,(H,22,23). The second kappa shape index (κ2) is 6.29. The van der Waals surface area contributed by atoms with Crippen LogP contribution in [0.15, 0.2) is 29.2 Å². The zero-order valence-corrected chi connectivity index (χ0v) is 14.7. The van der Waals surface area contributed by atoms with E-state index in [-0.39, 0.29) is 15.7 Å². The molecule has 4 rings (SSSR count). The molecule has 1 aromatic carbocycles. The monoisotopic (exact) mass is 385 g/mol. The van der Waals surface area contributed by atoms with Gasteiger partial charge in [0.1, 0.15) is 21.6 Å². The lowest BCUT2D eigenvalue weighted by Crippen LogP contribution is -2.60. The van der Waals surface area contributed by atoms with Gasteiger partial charge >= 0.3 is 0 Å². The highest BCUT2D eigenvalue weighted by Gasteiger charge is 2.48. The molecule has 1 N–H and O–H groups in total. The number of aromatic nitrogens is 1. The van der Waals surface area contributed by atoms with Crippen molar-refractivity contribution in [3.05, 3.63) is 46.9 Å². The Balaban J connectivity index is 1.52. The number of hydrogen-bond donors (Lipinski definition) is 1. The molecule has 3 nitrogen and oxygen atoms in total. The largest absolute Gasteiger partial charge is 0.369 e. The molecule has 1 aliphatic heterocycles. The van der Waals surface area contributed by atoms with E-state index < -0.39 is 17.6 Å². The molecule has 2 fully saturated rings. The van der Waals surface area contributed by atoms with Gasteiger partial charge in [-0.05, 0) is 36.9 Å². The Bertz CT molecular complexity index is 821. The minimum atomic E-state index is -0.819. The number of pyridine rings is 1. The average molecular weight is 386 g/mol. The number of hydrogen-bond acceptors (Lipinski definition) is 4. The van der Waals surface area contributed by atoms with Gasteiger partial charge in [-0.25, -0.2) is 13.8 Å². The highest BCUT2D eigenvalue weighted by Crippen LogP contribution is 2.51. The molecular formula is C17H15ClF3N3S. The molecule has 1 aromatic heterocycles. The van der Waals surface area contributed by atoms with Crippen LogP contribution in [0.4, 0.5) is 24.7 Å². The van der Waals surface area contributed by atoms with E-state index in [0.29, 0.717) is 23.1 Å². The van der Waals surface area contributed by atoms with E-state index in [2.05, 4.69) is 9.71 Å². The summed E-state index contributed by atoms with van der Waals surface area (Å²) >= 11 is 6.82. The van der Waals surface area contributed by atoms with Crippen LogP contribution in [0, 0.1) is 23.0 Å². The molecule has 1 spiro atoms. The minimum absolute atomic E-state index is 0.0907. The van der Waals surface area contributed by atoms with Crippen LogP contribution in [0.5, 0.6) is 0 Å². The average Bonchev–Trinajstić information content (AvgIpc) is 2.49. The summed E-state index contributed by atoms with van der Waals surface area (Å²) in [5.74, 6) is -2.04. The number of nitrogens with one attached hydrogen (secondary N) is 1. The zero-order valence-electron chi connectivity index (χ0n) is 13.2. The van der Waals surface area contributed by atoms with Crippen molar-refractivity contribution in [2.45, 2.75) is 24.2 Å². The molecule has 1 saturated carbocycles. The molecule has 25 heavy (non-hydrogen) atoms. The number of halogens is 4. The van der Waals surface area contributed by atoms with Crippen molar-refractivity contribution >= 4 is 35.1 Å². The summed E-state index contributed by atoms with van der Waals surface area (Å²) in [5.41, 5.74) is 0.719. The van der Waals surface area contributed by atoms with E-state index in [1.165, 1.54) is 43.5 Å². The summed E-state index contributed by atoms with van der Waals surface area (Å²) in [6, 6.07) is 5.40. The molecule has 1 aliphatic carbocycles. The molecular weight excluding hydrogens is 371 g/mol. The minimum Gasteiger partial charge on any atom is -0.369 e. The number of nitrogens with zero attached hydrogens (tertiary/aromatic N) is 2. The van der Waals surface area contributed by atoms with Crippen LogP contribution in [0.25, 0.3) is 0 Å². The fourth-order valence-electron chi connectivity index (χ4n) is 3.38. The maximum Gasteiger partial charge on any atom is 0.214 e. The van der Waals surface area contributed by atoms with E-state index in [1.54, 1.807) is 0 Å². The second-order valence-corrected chi connectivity index (χ2v) is 7.79. The molecule has 0 amide bonds. The number of benzene rings is 1. The van der Waals surface area contributed by atoms with Gasteiger partial charge in [0, 0.05) is 24.6 Å². The van der Waals surface area contributed by atoms with Gasteiger partial charge in [0.15, 0.2) is 5.82 Å². The van der Waals surface area contributed by atoms with Crippen molar-refractivity contribution < 1.29 is 13.2 Å². The molecule has 132 valence electrons. The first-order chi connectivity index (χ1) is 12.0. The van der Waals surface area contributed by atoms with Crippen molar-refractivity contribution in [2.75, 3.05) is 22.7 Å². The molecule has 0 bridgehead atoms. The maximum absolute atomic E-state index is 14.6. The lowest BCUT2D eigenvalue weighted by atomic mass is 9.63. The van der Waals surface area contributed by atoms with Crippen molar-refractivity contribution in [1.29, 1.82) is 0 Å². The lowest BCUT2D eigenvalue weighted by Gasteiger charge is -2.57. The van der Waals surface area contributed by atoms with Gasteiger partial charge in [-0.1, -0.05) is 24.1 Å². The van der Waals surface area contributed by atoms with Gasteiger partial charge in [-0.3, -0.25) is 0 Å². The summed E-state index contributed by atoms with van der Waals surface area (Å²) in [5, 5.41) is -0.0907. The third kappa shape index (κ3) is 3.04. The first kappa shape index (κ1) is 16.8. The molecule has 0 atom stereocenters. The molecule has 2 aliphatic rings. The number of anilines is 2. The van der Waals surface area contributed by atoms with E-state index in [0.717, 1.165) is 13.1 Å². The Morgan fingerprint density at radius 3 is 2.60 bits per heavy atom. The normalized spacial score (nSPS) is 18.0. The van der Waals surface area contributed by atoms with E-state index in [4.69, 9.17) is 11.6 Å². The molecule has 2 aromatic rings. The number of rotatable bonds is 4. The summed E-state index contributed by atoms with van der Waals surface area (Å²) < 4.78 is 44.7. The highest BCUT2D eigenvalue weighted by atomic mass is 35.5. The fourth-order valence-corrected chi connectivity index (χ4v) is 4.38. The molecule has 2 heterocycles. The summed E-state index contributed by atoms with van der Waals surface area (Å²) in [4.78, 5) is 5.24. The van der Waals surface area contributed by atoms with E-state index in [1.807, 2.05) is 4.90 Å². The van der Waals surface area contributed by atoms with Crippen molar-refractivity contribution in [3.8, 4) is 0 Å². The molecule has 1 saturated heterocycles. The van der Waals surface area contributed by atoms with Crippen molar-refractivity contribution in [1.82, 2.24) is 4.98 Å². The fraction of sp³-hybridized carbons (Fsp3) is 0.353. The third-order valence-electron chi connectivity index (χ3n) is 4.88. The highest BCUT2D eigenvalue weighted by molar-refractivity contribution is 8.00. The molecule has 0 radical (unpaired) electrons. The lowest BCUT2D eigenvalue weighted by molar-refractivity contribution is 0.0903. The first-order valence-electron chi connectivity index (χ1n) is 7.95. The molecule has 8 heteroatoms. The van der Waals surface area contributed by atoms with Gasteiger partial charge < -0.3 is 9.62 Å². The van der Waals surface area contributed by atoms with Gasteiger partial charge in [0.25, 0.3) is 0 Å². The molecule has 0 unspecified atom stereocenters. The van der Waals surface area contributed by atoms with Gasteiger partial charge in [0.2, 0.25) is 5.95 Å². The predicted octanol–water partition coefficient (Wildman–Crippen LogP) is 5.26. The van der Waals surface area contributed by atoms with E-state index in [9.17, 15) is 13.2 Å². The zero-order chi connectivity index (χ0) is 17.6. The summed E-state index contributed by atoms with van der Waals surface area (Å²) in [6.07, 6.45) is 3.56. The van der Waals surface area contributed by atoms with Crippen molar-refractivity contribution in [2.24, 2.45) is 5.41 Å². The van der Waals surface area contributed by atoms with Crippen LogP contribution in [0.1, 0.15) is 19.3 Å². The Labute approximate surface area is 152 Å². The Morgan fingerprint density at radius 2 is 1.96 bits per heavy atom.